The van der Waals surface area contributed by atoms with Crippen LogP contribution in [0.15, 0.2) is 72.8 Å². The zero-order chi connectivity index (χ0) is 22.9. The summed E-state index contributed by atoms with van der Waals surface area (Å²) in [7, 11) is 1.59. The fourth-order valence-corrected chi connectivity index (χ4v) is 4.24. The molecule has 3 aromatic carbocycles. The second-order valence-electron chi connectivity index (χ2n) is 7.89. The van der Waals surface area contributed by atoms with E-state index in [1.54, 1.807) is 7.11 Å². The number of carbonyl (C=O) groups is 1. The number of aromatic amines is 1. The third-order valence-corrected chi connectivity index (χ3v) is 5.86. The molecule has 5 nitrogen and oxygen atoms in total. The number of rotatable bonds is 5. The summed E-state index contributed by atoms with van der Waals surface area (Å²) in [5.74, 6) is -1.63. The topological polar surface area (TPSA) is 64.2 Å². The number of carbonyl (C=O) groups excluding carboxylic acids is 1. The Morgan fingerprint density at radius 2 is 1.79 bits per heavy atom. The van der Waals surface area contributed by atoms with Crippen LogP contribution < -0.4 is 9.47 Å². The predicted molar refractivity (Wildman–Crippen MR) is 118 cm³/mol. The van der Waals surface area contributed by atoms with Crippen LogP contribution in [0.3, 0.4) is 0 Å². The minimum Gasteiger partial charge on any atom is -0.497 e. The SMILES string of the molecule is COc1ccc(C[C@@H]2C(=O)Oc3[nH]c(-c4cc(F)ccc4F)nc3[C@@H]2c2ccccc2)cc1. The van der Waals surface area contributed by atoms with Crippen molar-refractivity contribution in [2.24, 2.45) is 5.92 Å². The molecule has 0 radical (unpaired) electrons. The minimum absolute atomic E-state index is 0.0287. The number of nitrogens with one attached hydrogen (secondary N) is 1. The highest BCUT2D eigenvalue weighted by Gasteiger charge is 2.41. The van der Waals surface area contributed by atoms with E-state index in [-0.39, 0.29) is 17.3 Å². The molecule has 1 aliphatic heterocycles. The molecule has 0 saturated heterocycles. The predicted octanol–water partition coefficient (Wildman–Crippen LogP) is 5.27. The largest absolute Gasteiger partial charge is 0.497 e. The number of halogens is 2. The second-order valence-corrected chi connectivity index (χ2v) is 7.89. The fraction of sp³-hybridized carbons (Fsp3) is 0.154. The Morgan fingerprint density at radius 3 is 2.52 bits per heavy atom. The summed E-state index contributed by atoms with van der Waals surface area (Å²) in [5.41, 5.74) is 2.28. The van der Waals surface area contributed by atoms with Crippen molar-refractivity contribution in [3.63, 3.8) is 0 Å². The van der Waals surface area contributed by atoms with Crippen molar-refractivity contribution in [1.82, 2.24) is 9.97 Å². The summed E-state index contributed by atoms with van der Waals surface area (Å²) < 4.78 is 39.0. The first-order valence-electron chi connectivity index (χ1n) is 10.5. The standard InChI is InChI=1S/C26H20F2N2O3/c1-32-18-10-7-15(8-11-18)13-20-22(16-5-3-2-4-6-16)23-25(33-26(20)31)30-24(29-23)19-14-17(27)9-12-21(19)28/h2-12,14,20,22H,13H2,1H3,(H,29,30)/t20-,22+/m0/s1. The average Bonchev–Trinajstić information content (AvgIpc) is 3.25. The quantitative estimate of drug-likeness (QED) is 0.424. The number of hydrogen-bond donors (Lipinski definition) is 1. The van der Waals surface area contributed by atoms with E-state index >= 15 is 0 Å². The number of methoxy groups -OCH3 is 1. The number of benzene rings is 3. The highest BCUT2D eigenvalue weighted by molar-refractivity contribution is 5.80. The Morgan fingerprint density at radius 1 is 1.03 bits per heavy atom. The summed E-state index contributed by atoms with van der Waals surface area (Å²) in [6, 6.07) is 20.1. The van der Waals surface area contributed by atoms with Gasteiger partial charge >= 0.3 is 5.97 Å². The van der Waals surface area contributed by atoms with Crippen molar-refractivity contribution < 1.29 is 23.0 Å². The number of fused-ring (bicyclic) bond motifs is 1. The Kier molecular flexibility index (Phi) is 5.38. The number of aromatic nitrogens is 2. The highest BCUT2D eigenvalue weighted by atomic mass is 19.1. The van der Waals surface area contributed by atoms with Gasteiger partial charge in [-0.05, 0) is 47.9 Å². The van der Waals surface area contributed by atoms with Crippen LogP contribution in [0.1, 0.15) is 22.7 Å². The molecule has 0 saturated carbocycles. The lowest BCUT2D eigenvalue weighted by Gasteiger charge is -2.29. The average molecular weight is 446 g/mol. The second kappa shape index (κ2) is 8.50. The lowest BCUT2D eigenvalue weighted by molar-refractivity contribution is -0.141. The van der Waals surface area contributed by atoms with Gasteiger partial charge < -0.3 is 14.5 Å². The molecule has 5 rings (SSSR count). The molecule has 1 aromatic heterocycles. The smallest absolute Gasteiger partial charge is 0.317 e. The van der Waals surface area contributed by atoms with Gasteiger partial charge in [-0.1, -0.05) is 42.5 Å². The van der Waals surface area contributed by atoms with Gasteiger partial charge in [-0.25, -0.2) is 13.8 Å². The van der Waals surface area contributed by atoms with Crippen molar-refractivity contribution in [3.8, 4) is 23.0 Å². The number of H-pyrrole nitrogens is 1. The van der Waals surface area contributed by atoms with Crippen LogP contribution in [0.25, 0.3) is 11.4 Å². The van der Waals surface area contributed by atoms with Crippen molar-refractivity contribution in [2.45, 2.75) is 12.3 Å². The number of nitrogens with zero attached hydrogens (tertiary/aromatic N) is 1. The summed E-state index contributed by atoms with van der Waals surface area (Å²) in [5, 5.41) is 0. The first-order valence-corrected chi connectivity index (χ1v) is 10.5. The van der Waals surface area contributed by atoms with E-state index in [1.165, 1.54) is 0 Å². The maximum absolute atomic E-state index is 14.4. The lowest BCUT2D eigenvalue weighted by Crippen LogP contribution is -2.34. The molecule has 0 amide bonds. The maximum Gasteiger partial charge on any atom is 0.317 e. The van der Waals surface area contributed by atoms with E-state index in [0.717, 1.165) is 35.1 Å². The third-order valence-electron chi connectivity index (χ3n) is 5.86. The maximum atomic E-state index is 14.4. The Hall–Kier alpha value is -4.00. The summed E-state index contributed by atoms with van der Waals surface area (Å²) >= 11 is 0. The number of ether oxygens (including phenoxy) is 2. The molecule has 166 valence electrons. The van der Waals surface area contributed by atoms with Gasteiger partial charge in [0.1, 0.15) is 28.9 Å². The molecular weight excluding hydrogens is 426 g/mol. The first-order chi connectivity index (χ1) is 16.0. The van der Waals surface area contributed by atoms with E-state index in [1.807, 2.05) is 54.6 Å². The zero-order valence-corrected chi connectivity index (χ0v) is 17.7. The molecule has 4 aromatic rings. The molecule has 0 aliphatic carbocycles. The molecule has 0 unspecified atom stereocenters. The van der Waals surface area contributed by atoms with Crippen LogP contribution in [-0.2, 0) is 11.2 Å². The normalized spacial score (nSPS) is 17.4. The molecule has 7 heteroatoms. The van der Waals surface area contributed by atoms with Gasteiger partial charge in [0, 0.05) is 5.92 Å². The highest BCUT2D eigenvalue weighted by Crippen LogP contribution is 2.43. The number of esters is 1. The van der Waals surface area contributed by atoms with Gasteiger partial charge in [0.15, 0.2) is 0 Å². The number of imidazole rings is 1. The lowest BCUT2D eigenvalue weighted by atomic mass is 9.79. The van der Waals surface area contributed by atoms with Gasteiger partial charge in [-0.2, -0.15) is 0 Å². The van der Waals surface area contributed by atoms with Crippen LogP contribution >= 0.6 is 0 Å². The molecule has 0 spiro atoms. The van der Waals surface area contributed by atoms with Gasteiger partial charge in [0.2, 0.25) is 5.88 Å². The third kappa shape index (κ3) is 3.98. The summed E-state index contributed by atoms with van der Waals surface area (Å²) in [6.07, 6.45) is 0.415. The van der Waals surface area contributed by atoms with Crippen LogP contribution in [0.4, 0.5) is 8.78 Å². The molecule has 2 heterocycles. The van der Waals surface area contributed by atoms with Gasteiger partial charge in [-0.15, -0.1) is 0 Å². The Bertz CT molecular complexity index is 1300. The van der Waals surface area contributed by atoms with E-state index in [0.29, 0.717) is 12.1 Å². The van der Waals surface area contributed by atoms with E-state index in [9.17, 15) is 13.6 Å². The van der Waals surface area contributed by atoms with Crippen LogP contribution in [0.5, 0.6) is 11.6 Å². The summed E-state index contributed by atoms with van der Waals surface area (Å²) in [6.45, 7) is 0. The molecule has 1 N–H and O–H groups in total. The van der Waals surface area contributed by atoms with E-state index in [2.05, 4.69) is 9.97 Å². The van der Waals surface area contributed by atoms with E-state index in [4.69, 9.17) is 9.47 Å². The van der Waals surface area contributed by atoms with Crippen molar-refractivity contribution in [3.05, 3.63) is 101 Å². The van der Waals surface area contributed by atoms with Crippen LogP contribution in [0, 0.1) is 17.6 Å². The fourth-order valence-electron chi connectivity index (χ4n) is 4.24. The summed E-state index contributed by atoms with van der Waals surface area (Å²) in [4.78, 5) is 20.6. The molecule has 0 bridgehead atoms. The van der Waals surface area contributed by atoms with Crippen molar-refractivity contribution >= 4 is 5.97 Å². The van der Waals surface area contributed by atoms with Crippen molar-refractivity contribution in [2.75, 3.05) is 7.11 Å². The molecule has 1 aliphatic rings. The number of hydrogen-bond acceptors (Lipinski definition) is 4. The van der Waals surface area contributed by atoms with Gasteiger partial charge in [0.05, 0.1) is 18.6 Å². The first kappa shape index (κ1) is 20.9. The van der Waals surface area contributed by atoms with Crippen molar-refractivity contribution in [1.29, 1.82) is 0 Å². The van der Waals surface area contributed by atoms with E-state index < -0.39 is 29.4 Å². The molecule has 33 heavy (non-hydrogen) atoms. The Balaban J connectivity index is 1.59. The molecule has 2 atom stereocenters. The molecular formula is C26H20F2N2O3. The monoisotopic (exact) mass is 446 g/mol. The molecule has 0 fully saturated rings. The Labute approximate surface area is 189 Å². The zero-order valence-electron chi connectivity index (χ0n) is 17.7. The van der Waals surface area contributed by atoms with Crippen LogP contribution in [0.2, 0.25) is 0 Å². The van der Waals surface area contributed by atoms with Crippen LogP contribution in [-0.4, -0.2) is 23.0 Å². The minimum atomic E-state index is -0.625. The van der Waals surface area contributed by atoms with Gasteiger partial charge in [0.25, 0.3) is 0 Å². The van der Waals surface area contributed by atoms with Gasteiger partial charge in [-0.3, -0.25) is 4.79 Å².